The van der Waals surface area contributed by atoms with Gasteiger partial charge in [0.15, 0.2) is 11.5 Å². The van der Waals surface area contributed by atoms with E-state index in [1.54, 1.807) is 12.1 Å². The van der Waals surface area contributed by atoms with Crippen LogP contribution in [0.15, 0.2) is 106 Å². The highest BCUT2D eigenvalue weighted by Gasteiger charge is 2.11. The summed E-state index contributed by atoms with van der Waals surface area (Å²) in [6.45, 7) is 0.614. The van der Waals surface area contributed by atoms with Gasteiger partial charge in [-0.2, -0.15) is 0 Å². The minimum Gasteiger partial charge on any atom is -0.381 e. The van der Waals surface area contributed by atoms with Gasteiger partial charge in [-0.25, -0.2) is 17.6 Å². The Morgan fingerprint density at radius 2 is 0.956 bits per heavy atom. The number of anilines is 2. The maximum Gasteiger partial charge on any atom is 0.163 e. The van der Waals surface area contributed by atoms with Crippen LogP contribution in [-0.4, -0.2) is 10.3 Å². The summed E-state index contributed by atoms with van der Waals surface area (Å²) in [5.41, 5.74) is 4.84. The maximum atomic E-state index is 13.8. The summed E-state index contributed by atoms with van der Waals surface area (Å²) in [7, 11) is 0. The molecule has 0 unspecified atom stereocenters. The Hall–Kier alpha value is -5.42. The summed E-state index contributed by atoms with van der Waals surface area (Å²) in [6.07, 6.45) is 0. The van der Waals surface area contributed by atoms with E-state index in [0.29, 0.717) is 22.9 Å². The summed E-state index contributed by atoms with van der Waals surface area (Å²) in [5.74, 6) is -0.875. The maximum absolute atomic E-state index is 13.8. The third-order valence-electron chi connectivity index (χ3n) is 6.95. The molecule has 0 aliphatic rings. The van der Waals surface area contributed by atoms with Gasteiger partial charge in [0, 0.05) is 58.9 Å². The molecule has 0 bridgehead atoms. The van der Waals surface area contributed by atoms with Crippen LogP contribution in [0.1, 0.15) is 22.6 Å². The van der Waals surface area contributed by atoms with E-state index in [1.807, 2.05) is 48.5 Å². The van der Waals surface area contributed by atoms with Crippen molar-refractivity contribution in [1.29, 1.82) is 0 Å². The molecule has 0 saturated heterocycles. The van der Waals surface area contributed by atoms with Crippen molar-refractivity contribution in [1.82, 2.24) is 10.3 Å². The number of hydrogen-bond donors (Lipinski definition) is 2. The second-order valence-electron chi connectivity index (χ2n) is 10.2. The average Bonchev–Trinajstić information content (AvgIpc) is 3.73. The van der Waals surface area contributed by atoms with Gasteiger partial charge in [-0.15, -0.1) is 0 Å². The molecule has 7 nitrogen and oxygen atoms in total. The van der Waals surface area contributed by atoms with Crippen molar-refractivity contribution in [3.63, 3.8) is 0 Å². The molecule has 228 valence electrons. The fourth-order valence-corrected chi connectivity index (χ4v) is 4.56. The molecule has 0 amide bonds. The lowest BCUT2D eigenvalue weighted by atomic mass is 10.1. The second kappa shape index (κ2) is 13.5. The monoisotopic (exact) mass is 614 g/mol. The normalized spacial score (nSPS) is 11.1. The summed E-state index contributed by atoms with van der Waals surface area (Å²) in [5, 5.41) is 14.4. The van der Waals surface area contributed by atoms with Crippen LogP contribution in [0.4, 0.5) is 28.9 Å². The lowest BCUT2D eigenvalue weighted by Gasteiger charge is -2.08. The van der Waals surface area contributed by atoms with Crippen LogP contribution in [0.5, 0.6) is 0 Å². The van der Waals surface area contributed by atoms with Gasteiger partial charge in [-0.1, -0.05) is 34.6 Å². The number of halogens is 4. The molecule has 6 rings (SSSR count). The van der Waals surface area contributed by atoms with E-state index in [9.17, 15) is 17.6 Å². The first-order chi connectivity index (χ1) is 21.9. The van der Waals surface area contributed by atoms with Crippen molar-refractivity contribution < 1.29 is 31.3 Å². The first kappa shape index (κ1) is 29.6. The lowest BCUT2D eigenvalue weighted by Crippen LogP contribution is -2.02. The fourth-order valence-electron chi connectivity index (χ4n) is 4.56. The molecule has 2 aromatic heterocycles. The van der Waals surface area contributed by atoms with Gasteiger partial charge < -0.3 is 24.4 Å². The Morgan fingerprint density at radius 1 is 0.533 bits per heavy atom. The van der Waals surface area contributed by atoms with E-state index in [4.69, 9.17) is 13.8 Å². The predicted molar refractivity (Wildman–Crippen MR) is 160 cm³/mol. The Bertz CT molecular complexity index is 1750. The molecule has 4 aromatic carbocycles. The first-order valence-corrected chi connectivity index (χ1v) is 13.9. The number of rotatable bonds is 12. The Balaban J connectivity index is 0.969. The molecular formula is C34H26F4N4O3. The Kier molecular flexibility index (Phi) is 8.88. The number of nitrogens with zero attached hydrogens (tertiary/aromatic N) is 2. The van der Waals surface area contributed by atoms with Crippen molar-refractivity contribution in [2.24, 2.45) is 0 Å². The molecule has 0 aliphatic carbocycles. The molecule has 2 heterocycles. The van der Waals surface area contributed by atoms with Gasteiger partial charge >= 0.3 is 0 Å². The number of hydrogen-bond acceptors (Lipinski definition) is 7. The van der Waals surface area contributed by atoms with Crippen molar-refractivity contribution in [2.75, 3.05) is 10.6 Å². The molecule has 0 saturated carbocycles. The smallest absolute Gasteiger partial charge is 0.163 e. The molecule has 2 N–H and O–H groups in total. The van der Waals surface area contributed by atoms with Crippen LogP contribution >= 0.6 is 0 Å². The number of nitrogens with one attached hydrogen (secondary N) is 2. The zero-order valence-electron chi connectivity index (χ0n) is 23.7. The van der Waals surface area contributed by atoms with E-state index in [-0.39, 0.29) is 37.4 Å². The predicted octanol–water partition coefficient (Wildman–Crippen LogP) is 8.49. The molecular weight excluding hydrogens is 588 g/mol. The summed E-state index contributed by atoms with van der Waals surface area (Å²) in [4.78, 5) is 0. The van der Waals surface area contributed by atoms with Crippen LogP contribution in [0.2, 0.25) is 0 Å². The third kappa shape index (κ3) is 7.57. The van der Waals surface area contributed by atoms with Crippen molar-refractivity contribution in [2.45, 2.75) is 26.3 Å². The number of benzene rings is 4. The largest absolute Gasteiger partial charge is 0.381 e. The summed E-state index contributed by atoms with van der Waals surface area (Å²) < 4.78 is 71.0. The van der Waals surface area contributed by atoms with E-state index in [0.717, 1.165) is 46.8 Å². The fraction of sp³-hybridized carbons (Fsp3) is 0.118. The standard InChI is InChI=1S/C34H26F4N4O3/c35-25-5-11-31(37)23(13-25)17-39-27-7-1-21(2-8-27)33-15-29(44-41-33)19-43-20-30-16-34(42-45-30)22-3-9-28(10-4-22)40-18-24-14-26(36)6-12-32(24)38/h1-16,39-40H,17-20H2. The van der Waals surface area contributed by atoms with Crippen LogP contribution in [-0.2, 0) is 31.0 Å². The second-order valence-corrected chi connectivity index (χ2v) is 10.2. The molecule has 0 spiro atoms. The Morgan fingerprint density at radius 3 is 1.38 bits per heavy atom. The van der Waals surface area contributed by atoms with Crippen LogP contribution < -0.4 is 10.6 Å². The van der Waals surface area contributed by atoms with Crippen molar-refractivity contribution >= 4 is 11.4 Å². The highest BCUT2D eigenvalue weighted by atomic mass is 19.1. The third-order valence-corrected chi connectivity index (χ3v) is 6.95. The topological polar surface area (TPSA) is 85.4 Å². The minimum atomic E-state index is -0.489. The zero-order chi connectivity index (χ0) is 31.2. The van der Waals surface area contributed by atoms with Gasteiger partial charge in [0.05, 0.1) is 0 Å². The van der Waals surface area contributed by atoms with Gasteiger partial charge in [-0.3, -0.25) is 0 Å². The van der Waals surface area contributed by atoms with E-state index in [1.165, 1.54) is 12.1 Å². The number of ether oxygens (including phenoxy) is 1. The van der Waals surface area contributed by atoms with Crippen LogP contribution in [0.3, 0.4) is 0 Å². The van der Waals surface area contributed by atoms with Crippen LogP contribution in [0, 0.1) is 23.3 Å². The highest BCUT2D eigenvalue weighted by molar-refractivity contribution is 5.63. The molecule has 0 fully saturated rings. The highest BCUT2D eigenvalue weighted by Crippen LogP contribution is 2.25. The van der Waals surface area contributed by atoms with Crippen molar-refractivity contribution in [3.05, 3.63) is 143 Å². The summed E-state index contributed by atoms with van der Waals surface area (Å²) >= 11 is 0. The van der Waals surface area contributed by atoms with Gasteiger partial charge in [-0.05, 0) is 60.7 Å². The summed E-state index contributed by atoms with van der Waals surface area (Å²) in [6, 6.07) is 24.9. The zero-order valence-corrected chi connectivity index (χ0v) is 23.7. The van der Waals surface area contributed by atoms with Gasteiger partial charge in [0.1, 0.15) is 47.9 Å². The molecule has 0 atom stereocenters. The average molecular weight is 615 g/mol. The molecule has 6 aromatic rings. The molecule has 0 aliphatic heterocycles. The quantitative estimate of drug-likeness (QED) is 0.134. The van der Waals surface area contributed by atoms with Gasteiger partial charge in [0.2, 0.25) is 0 Å². The van der Waals surface area contributed by atoms with Crippen molar-refractivity contribution in [3.8, 4) is 22.5 Å². The molecule has 11 heteroatoms. The minimum absolute atomic E-state index is 0.146. The number of aromatic nitrogens is 2. The van der Waals surface area contributed by atoms with E-state index >= 15 is 0 Å². The van der Waals surface area contributed by atoms with E-state index < -0.39 is 23.3 Å². The van der Waals surface area contributed by atoms with E-state index in [2.05, 4.69) is 20.9 Å². The SMILES string of the molecule is Fc1ccc(F)c(CNc2ccc(-c3cc(COCc4cc(-c5ccc(NCc6cc(F)ccc6F)cc5)no4)on3)cc2)c1. The Labute approximate surface area is 255 Å². The van der Waals surface area contributed by atoms with Crippen LogP contribution in [0.25, 0.3) is 22.5 Å². The lowest BCUT2D eigenvalue weighted by molar-refractivity contribution is 0.0727. The van der Waals surface area contributed by atoms with Gasteiger partial charge in [0.25, 0.3) is 0 Å². The molecule has 45 heavy (non-hydrogen) atoms. The first-order valence-electron chi connectivity index (χ1n) is 13.9. The molecule has 0 radical (unpaired) electrons.